The Balaban J connectivity index is 1.67. The lowest BCUT2D eigenvalue weighted by Gasteiger charge is -2.37. The van der Waals surface area contributed by atoms with Crippen LogP contribution in [0.15, 0.2) is 42.7 Å². The molecule has 3 heterocycles. The summed E-state index contributed by atoms with van der Waals surface area (Å²) in [6.45, 7) is 4.91. The van der Waals surface area contributed by atoms with E-state index in [9.17, 15) is 13.6 Å². The number of Topliss-reactive ketones (excluding diaryl/α,β-unsaturated/α-hetero) is 1. The molecule has 1 aromatic heterocycles. The molecule has 0 fully saturated rings. The zero-order valence-corrected chi connectivity index (χ0v) is 19.1. The molecule has 1 N–H and O–H groups in total. The summed E-state index contributed by atoms with van der Waals surface area (Å²) in [6.07, 6.45) is 2.49. The minimum absolute atomic E-state index is 0.0137. The van der Waals surface area contributed by atoms with Crippen molar-refractivity contribution in [3.63, 3.8) is 0 Å². The number of para-hydroxylation sites is 1. The van der Waals surface area contributed by atoms with E-state index in [1.165, 1.54) is 0 Å². The predicted molar refractivity (Wildman–Crippen MR) is 126 cm³/mol. The summed E-state index contributed by atoms with van der Waals surface area (Å²) in [7, 11) is 1.79. The molecule has 5 rings (SSSR count). The van der Waals surface area contributed by atoms with E-state index in [1.54, 1.807) is 30.2 Å². The van der Waals surface area contributed by atoms with Crippen LogP contribution in [0.3, 0.4) is 0 Å². The molecule has 2 aromatic carbocycles. The molecule has 7 heteroatoms. The van der Waals surface area contributed by atoms with Gasteiger partial charge in [0.05, 0.1) is 17.6 Å². The molecular weight excluding hydrogens is 422 g/mol. The summed E-state index contributed by atoms with van der Waals surface area (Å²) < 4.78 is 30.1. The van der Waals surface area contributed by atoms with E-state index in [0.717, 1.165) is 41.2 Å². The molecule has 0 aliphatic carbocycles. The number of nitrogens with zero attached hydrogens (tertiary/aromatic N) is 3. The molecule has 2 aliphatic rings. The van der Waals surface area contributed by atoms with Crippen molar-refractivity contribution in [3.05, 3.63) is 59.4 Å². The van der Waals surface area contributed by atoms with Gasteiger partial charge in [0, 0.05) is 55.5 Å². The van der Waals surface area contributed by atoms with Gasteiger partial charge in [-0.15, -0.1) is 0 Å². The van der Waals surface area contributed by atoms with E-state index >= 15 is 0 Å². The van der Waals surface area contributed by atoms with Crippen molar-refractivity contribution < 1.29 is 13.6 Å². The number of fused-ring (bicyclic) bond motifs is 2. The predicted octanol–water partition coefficient (Wildman–Crippen LogP) is 5.67. The number of nitrogens with one attached hydrogen (secondary N) is 1. The van der Waals surface area contributed by atoms with Crippen LogP contribution in [-0.2, 0) is 24.7 Å². The molecular formula is C26H28F2N4O. The highest BCUT2D eigenvalue weighted by atomic mass is 19.3. The number of aromatic nitrogens is 2. The number of hydrogen-bond donors (Lipinski definition) is 1. The van der Waals surface area contributed by atoms with Gasteiger partial charge in [-0.2, -0.15) is 5.10 Å². The van der Waals surface area contributed by atoms with Crippen LogP contribution in [0.1, 0.15) is 43.4 Å². The molecule has 0 saturated carbocycles. The monoisotopic (exact) mass is 450 g/mol. The Kier molecular flexibility index (Phi) is 5.43. The molecule has 0 spiro atoms. The van der Waals surface area contributed by atoms with Crippen LogP contribution in [0.4, 0.5) is 25.8 Å². The molecule has 2 atom stereocenters. The first kappa shape index (κ1) is 21.6. The maximum absolute atomic E-state index is 14.2. The second-order valence-electron chi connectivity index (χ2n) is 9.47. The first-order chi connectivity index (χ1) is 15.8. The summed E-state index contributed by atoms with van der Waals surface area (Å²) in [5.74, 6) is 0.553. The van der Waals surface area contributed by atoms with Gasteiger partial charge in [-0.25, -0.2) is 8.78 Å². The number of carbonyl (C=O) groups is 1. The first-order valence-corrected chi connectivity index (χ1v) is 11.4. The van der Waals surface area contributed by atoms with Gasteiger partial charge in [-0.05, 0) is 54.2 Å². The molecule has 0 radical (unpaired) electrons. The Labute approximate surface area is 192 Å². The highest BCUT2D eigenvalue weighted by molar-refractivity contribution is 5.90. The Morgan fingerprint density at radius 1 is 1.12 bits per heavy atom. The van der Waals surface area contributed by atoms with Crippen LogP contribution in [0.25, 0.3) is 11.1 Å². The molecule has 2 aliphatic heterocycles. The van der Waals surface area contributed by atoms with Crippen molar-refractivity contribution in [1.82, 2.24) is 9.78 Å². The fraction of sp³-hybridized carbons (Fsp3) is 0.385. The van der Waals surface area contributed by atoms with Crippen LogP contribution in [0.2, 0.25) is 0 Å². The quantitative estimate of drug-likeness (QED) is 0.559. The fourth-order valence-corrected chi connectivity index (χ4v) is 5.18. The van der Waals surface area contributed by atoms with Crippen molar-refractivity contribution in [2.75, 3.05) is 16.8 Å². The van der Waals surface area contributed by atoms with Crippen molar-refractivity contribution in [2.45, 2.75) is 45.6 Å². The molecule has 3 aromatic rings. The van der Waals surface area contributed by atoms with Crippen LogP contribution in [0.5, 0.6) is 0 Å². The largest absolute Gasteiger partial charge is 0.380 e. The van der Waals surface area contributed by atoms with Crippen LogP contribution in [-0.4, -0.2) is 28.2 Å². The molecule has 33 heavy (non-hydrogen) atoms. The van der Waals surface area contributed by atoms with Crippen LogP contribution in [0, 0.1) is 5.92 Å². The van der Waals surface area contributed by atoms with Gasteiger partial charge in [0.2, 0.25) is 0 Å². The highest BCUT2D eigenvalue weighted by Crippen LogP contribution is 2.45. The van der Waals surface area contributed by atoms with Gasteiger partial charge >= 0.3 is 0 Å². The third-order valence-corrected chi connectivity index (χ3v) is 6.59. The van der Waals surface area contributed by atoms with Gasteiger partial charge in [-0.1, -0.05) is 19.1 Å². The molecule has 0 saturated heterocycles. The average Bonchev–Trinajstić information content (AvgIpc) is 3.12. The lowest BCUT2D eigenvalue weighted by molar-refractivity contribution is -0.118. The maximum Gasteiger partial charge on any atom is 0.264 e. The lowest BCUT2D eigenvalue weighted by atomic mass is 9.88. The molecule has 5 nitrogen and oxygen atoms in total. The van der Waals surface area contributed by atoms with Gasteiger partial charge in [0.25, 0.3) is 6.43 Å². The Morgan fingerprint density at radius 3 is 2.67 bits per heavy atom. The summed E-state index contributed by atoms with van der Waals surface area (Å²) >= 11 is 0. The Morgan fingerprint density at radius 2 is 1.94 bits per heavy atom. The number of alkyl halides is 2. The van der Waals surface area contributed by atoms with Gasteiger partial charge < -0.3 is 10.2 Å². The standard InChI is InChI=1S/C26H28F2N4O/c1-15-7-18-10-21(19-12-29-31(3)14-19)22(26(27)28)11-24(18)32(13-15)23-6-4-5-17-9-20(33)8-16(2)30-25(17)23/h4-6,10-12,14-16,26,30H,7-9,13H2,1-3H3/t15-,16-/m1/s1. The van der Waals surface area contributed by atoms with Gasteiger partial charge in [-0.3, -0.25) is 9.48 Å². The van der Waals surface area contributed by atoms with Gasteiger partial charge in [0.1, 0.15) is 5.78 Å². The van der Waals surface area contributed by atoms with Crippen molar-refractivity contribution in [1.29, 1.82) is 0 Å². The summed E-state index contributed by atoms with van der Waals surface area (Å²) in [5, 5.41) is 7.70. The zero-order chi connectivity index (χ0) is 23.3. The number of benzene rings is 2. The Bertz CT molecular complexity index is 1220. The third kappa shape index (κ3) is 4.01. The smallest absolute Gasteiger partial charge is 0.264 e. The van der Waals surface area contributed by atoms with E-state index in [0.29, 0.717) is 29.9 Å². The lowest BCUT2D eigenvalue weighted by Crippen LogP contribution is -2.31. The normalized spacial score (nSPS) is 20.3. The fourth-order valence-electron chi connectivity index (χ4n) is 5.18. The number of aryl methyl sites for hydroxylation is 1. The van der Waals surface area contributed by atoms with E-state index in [1.807, 2.05) is 31.2 Å². The number of hydrogen-bond acceptors (Lipinski definition) is 4. The Hall–Kier alpha value is -3.22. The molecule has 0 bridgehead atoms. The molecule has 0 amide bonds. The number of anilines is 3. The molecule has 172 valence electrons. The number of carbonyl (C=O) groups excluding carboxylic acids is 1. The summed E-state index contributed by atoms with van der Waals surface area (Å²) in [4.78, 5) is 14.5. The summed E-state index contributed by atoms with van der Waals surface area (Å²) in [6, 6.07) is 9.54. The van der Waals surface area contributed by atoms with Crippen LogP contribution >= 0.6 is 0 Å². The topological polar surface area (TPSA) is 50.2 Å². The van der Waals surface area contributed by atoms with Crippen LogP contribution < -0.4 is 10.2 Å². The van der Waals surface area contributed by atoms with E-state index < -0.39 is 6.43 Å². The van der Waals surface area contributed by atoms with Crippen molar-refractivity contribution >= 4 is 22.8 Å². The molecule has 0 unspecified atom stereocenters. The zero-order valence-electron chi connectivity index (χ0n) is 19.1. The van der Waals surface area contributed by atoms with E-state index in [2.05, 4.69) is 22.2 Å². The first-order valence-electron chi connectivity index (χ1n) is 11.4. The number of ketones is 1. The van der Waals surface area contributed by atoms with Crippen molar-refractivity contribution in [2.24, 2.45) is 13.0 Å². The minimum Gasteiger partial charge on any atom is -0.380 e. The van der Waals surface area contributed by atoms with Gasteiger partial charge in [0.15, 0.2) is 0 Å². The minimum atomic E-state index is -2.60. The van der Waals surface area contributed by atoms with E-state index in [-0.39, 0.29) is 17.4 Å². The SMILES string of the molecule is C[C@@H]1Cc2cc(-c3cnn(C)c3)c(C(F)F)cc2N(c2cccc3c2N[C@H](C)CC(=O)C3)C1. The summed E-state index contributed by atoms with van der Waals surface area (Å²) in [5.41, 5.74) is 5.95. The number of rotatable bonds is 3. The number of halogens is 2. The van der Waals surface area contributed by atoms with Crippen molar-refractivity contribution in [3.8, 4) is 11.1 Å². The highest BCUT2D eigenvalue weighted by Gasteiger charge is 2.30. The second kappa shape index (κ2) is 8.28. The maximum atomic E-state index is 14.2. The van der Waals surface area contributed by atoms with E-state index in [4.69, 9.17) is 0 Å². The second-order valence-corrected chi connectivity index (χ2v) is 9.47. The third-order valence-electron chi connectivity index (χ3n) is 6.59. The average molecular weight is 451 g/mol.